The van der Waals surface area contributed by atoms with E-state index in [1.54, 1.807) is 10.6 Å². The third kappa shape index (κ3) is 2.83. The van der Waals surface area contributed by atoms with Crippen LogP contribution in [-0.2, 0) is 11.0 Å². The molecule has 0 atom stereocenters. The molecule has 2 heterocycles. The monoisotopic (exact) mass is 290 g/mol. The summed E-state index contributed by atoms with van der Waals surface area (Å²) in [6.07, 6.45) is 0.818. The number of hydrogen-bond donors (Lipinski definition) is 0. The maximum absolute atomic E-state index is 11.0. The number of rotatable bonds is 4. The Kier molecular flexibility index (Phi) is 3.84. The molecule has 0 saturated carbocycles. The molecule has 0 aliphatic heterocycles. The number of aromatic nitrogens is 2. The Bertz CT molecular complexity index is 626. The minimum Gasteiger partial charge on any atom is -0.411 e. The molecule has 0 radical (unpaired) electrons. The molecule has 0 spiro atoms. The summed E-state index contributed by atoms with van der Waals surface area (Å²) in [5.74, 6) is 0. The summed E-state index contributed by atoms with van der Waals surface area (Å²) in [5.41, 5.74) is 2.34. The van der Waals surface area contributed by atoms with Gasteiger partial charge in [-0.3, -0.25) is 4.79 Å². The molecule has 0 aromatic carbocycles. The first kappa shape index (κ1) is 14.9. The minimum atomic E-state index is -1.78. The van der Waals surface area contributed by atoms with Gasteiger partial charge < -0.3 is 4.43 Å². The lowest BCUT2D eigenvalue weighted by molar-refractivity contribution is 0.111. The van der Waals surface area contributed by atoms with E-state index >= 15 is 0 Å². The zero-order chi connectivity index (χ0) is 15.0. The lowest BCUT2D eigenvalue weighted by Gasteiger charge is -2.35. The Morgan fingerprint density at radius 1 is 1.35 bits per heavy atom. The molecule has 108 valence electrons. The highest BCUT2D eigenvalue weighted by Gasteiger charge is 2.37. The summed E-state index contributed by atoms with van der Waals surface area (Å²) in [5, 5.41) is 4.63. The minimum absolute atomic E-state index is 0.181. The van der Waals surface area contributed by atoms with Gasteiger partial charge in [0.25, 0.3) is 0 Å². The standard InChI is InChI=1S/C15H22N2O2Si/c1-15(2,3)20(4,5)19-11-12-9-13-7-6-8-14(10-18)17(13)16-12/h6-10H,11H2,1-5H3. The number of carbonyl (C=O) groups is 1. The highest BCUT2D eigenvalue weighted by Crippen LogP contribution is 2.37. The molecule has 0 bridgehead atoms. The van der Waals surface area contributed by atoms with E-state index in [2.05, 4.69) is 39.0 Å². The molecule has 2 rings (SSSR count). The van der Waals surface area contributed by atoms with Crippen LogP contribution in [0.5, 0.6) is 0 Å². The summed E-state index contributed by atoms with van der Waals surface area (Å²) in [6.45, 7) is 11.6. The molecule has 20 heavy (non-hydrogen) atoms. The molecule has 0 unspecified atom stereocenters. The SMILES string of the molecule is CC(C)(C)[Si](C)(C)OCc1cc2cccc(C=O)n2n1. The van der Waals surface area contributed by atoms with Crippen LogP contribution in [0.1, 0.15) is 37.0 Å². The summed E-state index contributed by atoms with van der Waals surface area (Å²) in [4.78, 5) is 11.0. The molecule has 2 aromatic heterocycles. The van der Waals surface area contributed by atoms with Crippen molar-refractivity contribution >= 4 is 20.1 Å². The van der Waals surface area contributed by atoms with Gasteiger partial charge in [-0.1, -0.05) is 26.8 Å². The maximum atomic E-state index is 11.0. The van der Waals surface area contributed by atoms with E-state index in [-0.39, 0.29) is 5.04 Å². The Morgan fingerprint density at radius 2 is 2.05 bits per heavy atom. The van der Waals surface area contributed by atoms with E-state index in [0.717, 1.165) is 17.5 Å². The normalized spacial score (nSPS) is 12.8. The summed E-state index contributed by atoms with van der Waals surface area (Å²) in [6, 6.07) is 7.53. The van der Waals surface area contributed by atoms with Gasteiger partial charge >= 0.3 is 0 Å². The van der Waals surface area contributed by atoms with E-state index in [9.17, 15) is 4.79 Å². The number of fused-ring (bicyclic) bond motifs is 1. The smallest absolute Gasteiger partial charge is 0.192 e. The van der Waals surface area contributed by atoms with Crippen molar-refractivity contribution in [2.75, 3.05) is 0 Å². The number of aldehydes is 1. The lowest BCUT2D eigenvalue weighted by Crippen LogP contribution is -2.40. The fourth-order valence-corrected chi connectivity index (χ4v) is 2.66. The average Bonchev–Trinajstić information content (AvgIpc) is 2.77. The first-order valence-corrected chi connectivity index (χ1v) is 9.72. The Balaban J connectivity index is 2.21. The number of nitrogens with zero attached hydrogens (tertiary/aromatic N) is 2. The van der Waals surface area contributed by atoms with Gasteiger partial charge in [-0.05, 0) is 36.3 Å². The van der Waals surface area contributed by atoms with Crippen LogP contribution in [0.25, 0.3) is 5.52 Å². The second kappa shape index (κ2) is 5.14. The van der Waals surface area contributed by atoms with E-state index in [4.69, 9.17) is 4.43 Å². The predicted molar refractivity (Wildman–Crippen MR) is 82.6 cm³/mol. The molecule has 0 saturated heterocycles. The lowest BCUT2D eigenvalue weighted by atomic mass is 10.2. The van der Waals surface area contributed by atoms with Crippen molar-refractivity contribution in [1.82, 2.24) is 9.61 Å². The van der Waals surface area contributed by atoms with Crippen LogP contribution in [0.4, 0.5) is 0 Å². The number of hydrogen-bond acceptors (Lipinski definition) is 3. The van der Waals surface area contributed by atoms with Gasteiger partial charge in [-0.15, -0.1) is 0 Å². The summed E-state index contributed by atoms with van der Waals surface area (Å²) >= 11 is 0. The van der Waals surface area contributed by atoms with E-state index in [1.807, 2.05) is 18.2 Å². The Labute approximate surface area is 120 Å². The Hall–Kier alpha value is -1.46. The second-order valence-corrected chi connectivity index (χ2v) is 11.4. The second-order valence-electron chi connectivity index (χ2n) is 6.59. The van der Waals surface area contributed by atoms with Crippen LogP contribution in [0.15, 0.2) is 24.3 Å². The zero-order valence-corrected chi connectivity index (χ0v) is 13.8. The van der Waals surface area contributed by atoms with Crippen LogP contribution in [-0.4, -0.2) is 24.2 Å². The van der Waals surface area contributed by atoms with Crippen molar-refractivity contribution in [3.8, 4) is 0 Å². The van der Waals surface area contributed by atoms with E-state index in [1.165, 1.54) is 0 Å². The molecule has 0 amide bonds. The number of pyridine rings is 1. The fraction of sp³-hybridized carbons (Fsp3) is 0.467. The van der Waals surface area contributed by atoms with Crippen molar-refractivity contribution in [3.05, 3.63) is 35.7 Å². The molecule has 0 aliphatic carbocycles. The predicted octanol–water partition coefficient (Wildman–Crippen LogP) is 3.67. The average molecular weight is 290 g/mol. The van der Waals surface area contributed by atoms with Crippen molar-refractivity contribution in [2.24, 2.45) is 0 Å². The van der Waals surface area contributed by atoms with Crippen molar-refractivity contribution in [3.63, 3.8) is 0 Å². The van der Waals surface area contributed by atoms with Crippen LogP contribution >= 0.6 is 0 Å². The van der Waals surface area contributed by atoms with Gasteiger partial charge in [0.15, 0.2) is 14.6 Å². The molecule has 0 aliphatic rings. The van der Waals surface area contributed by atoms with E-state index in [0.29, 0.717) is 12.3 Å². The molecule has 0 N–H and O–H groups in total. The van der Waals surface area contributed by atoms with Crippen LogP contribution in [0.2, 0.25) is 18.1 Å². The van der Waals surface area contributed by atoms with Gasteiger partial charge in [0.05, 0.1) is 17.8 Å². The van der Waals surface area contributed by atoms with Crippen molar-refractivity contribution in [2.45, 2.75) is 45.5 Å². The molecule has 5 heteroatoms. The molecular weight excluding hydrogens is 268 g/mol. The summed E-state index contributed by atoms with van der Waals surface area (Å²) < 4.78 is 7.82. The van der Waals surface area contributed by atoms with Gasteiger partial charge in [0.1, 0.15) is 5.69 Å². The first-order valence-electron chi connectivity index (χ1n) is 6.81. The fourth-order valence-electron chi connectivity index (χ4n) is 1.72. The van der Waals surface area contributed by atoms with E-state index < -0.39 is 8.32 Å². The maximum Gasteiger partial charge on any atom is 0.192 e. The van der Waals surface area contributed by atoms with Gasteiger partial charge in [0, 0.05) is 0 Å². The van der Waals surface area contributed by atoms with Crippen molar-refractivity contribution in [1.29, 1.82) is 0 Å². The Morgan fingerprint density at radius 3 is 2.65 bits per heavy atom. The highest BCUT2D eigenvalue weighted by atomic mass is 28.4. The third-order valence-corrected chi connectivity index (χ3v) is 8.55. The van der Waals surface area contributed by atoms with Crippen LogP contribution < -0.4 is 0 Å². The zero-order valence-electron chi connectivity index (χ0n) is 12.8. The van der Waals surface area contributed by atoms with Gasteiger partial charge in [0.2, 0.25) is 0 Å². The van der Waals surface area contributed by atoms with Gasteiger partial charge in [-0.25, -0.2) is 4.52 Å². The largest absolute Gasteiger partial charge is 0.411 e. The highest BCUT2D eigenvalue weighted by molar-refractivity contribution is 6.74. The first-order chi connectivity index (χ1) is 9.24. The third-order valence-electron chi connectivity index (χ3n) is 4.07. The number of carbonyl (C=O) groups excluding carboxylic acids is 1. The van der Waals surface area contributed by atoms with Crippen LogP contribution in [0, 0.1) is 0 Å². The summed E-state index contributed by atoms with van der Waals surface area (Å²) in [7, 11) is -1.78. The topological polar surface area (TPSA) is 43.6 Å². The molecule has 4 nitrogen and oxygen atoms in total. The van der Waals surface area contributed by atoms with Crippen molar-refractivity contribution < 1.29 is 9.22 Å². The quantitative estimate of drug-likeness (QED) is 0.637. The van der Waals surface area contributed by atoms with Crippen LogP contribution in [0.3, 0.4) is 0 Å². The molecule has 2 aromatic rings. The van der Waals surface area contributed by atoms with Gasteiger partial charge in [-0.2, -0.15) is 5.10 Å². The molecular formula is C15H22N2O2Si. The molecule has 0 fully saturated rings.